The van der Waals surface area contributed by atoms with Crippen LogP contribution in [0.5, 0.6) is 0 Å². The Morgan fingerprint density at radius 2 is 1.88 bits per heavy atom. The molecule has 1 spiro atoms. The maximum atomic E-state index is 14.2. The summed E-state index contributed by atoms with van der Waals surface area (Å²) in [6.45, 7) is 4.86. The molecule has 1 saturated heterocycles. The molecule has 3 aliphatic heterocycles. The zero-order chi connectivity index (χ0) is 22.7. The van der Waals surface area contributed by atoms with Gasteiger partial charge in [0.1, 0.15) is 5.58 Å². The van der Waals surface area contributed by atoms with E-state index in [1.807, 2.05) is 24.3 Å². The molecule has 0 radical (unpaired) electrons. The van der Waals surface area contributed by atoms with Gasteiger partial charge in [0.2, 0.25) is 5.76 Å². The molecule has 4 heterocycles. The maximum absolute atomic E-state index is 14.2. The number of ether oxygens (including phenoxy) is 1. The summed E-state index contributed by atoms with van der Waals surface area (Å²) < 4.78 is 11.8. The zero-order valence-corrected chi connectivity index (χ0v) is 18.0. The lowest BCUT2D eigenvalue weighted by molar-refractivity contribution is -0.126. The quantitative estimate of drug-likeness (QED) is 0.580. The number of carbonyl (C=O) groups is 2. The normalized spacial score (nSPS) is 23.6. The summed E-state index contributed by atoms with van der Waals surface area (Å²) >= 11 is 0. The molecule has 2 aromatic carbocycles. The Balaban J connectivity index is 1.69. The van der Waals surface area contributed by atoms with E-state index in [1.54, 1.807) is 35.2 Å². The van der Waals surface area contributed by atoms with Crippen LogP contribution in [0.15, 0.2) is 70.4 Å². The fraction of sp³-hybridized carbons (Fsp3) is 0.269. The van der Waals surface area contributed by atoms with Crippen molar-refractivity contribution in [1.82, 2.24) is 4.90 Å². The summed E-state index contributed by atoms with van der Waals surface area (Å²) in [7, 11) is 0. The second kappa shape index (κ2) is 7.15. The van der Waals surface area contributed by atoms with Gasteiger partial charge in [-0.3, -0.25) is 14.4 Å². The van der Waals surface area contributed by atoms with Gasteiger partial charge in [0, 0.05) is 25.3 Å². The molecule has 7 heteroatoms. The van der Waals surface area contributed by atoms with Crippen LogP contribution in [0.25, 0.3) is 11.0 Å². The number of benzene rings is 2. The number of carbonyl (C=O) groups excluding carboxylic acids is 2. The molecule has 33 heavy (non-hydrogen) atoms. The van der Waals surface area contributed by atoms with E-state index < -0.39 is 11.4 Å². The highest BCUT2D eigenvalue weighted by molar-refractivity contribution is 6.17. The SMILES string of the molecule is C=CCN1C(=O)[C@]2(c3ccccc31)c1c(oc3ccccc3c1=O)C(=O)N2C[C@@H]1CCCO1. The Labute approximate surface area is 189 Å². The number of hydrogen-bond acceptors (Lipinski definition) is 5. The van der Waals surface area contributed by atoms with Crippen LogP contribution < -0.4 is 10.3 Å². The zero-order valence-electron chi connectivity index (χ0n) is 18.0. The highest BCUT2D eigenvalue weighted by Crippen LogP contribution is 2.52. The fourth-order valence-corrected chi connectivity index (χ4v) is 5.49. The van der Waals surface area contributed by atoms with Crippen LogP contribution in [-0.4, -0.2) is 42.5 Å². The minimum absolute atomic E-state index is 0.0692. The molecule has 2 atom stereocenters. The molecule has 1 aromatic heterocycles. The number of para-hydroxylation sites is 2. The monoisotopic (exact) mass is 442 g/mol. The van der Waals surface area contributed by atoms with Gasteiger partial charge in [-0.1, -0.05) is 36.4 Å². The van der Waals surface area contributed by atoms with Gasteiger partial charge in [-0.2, -0.15) is 0 Å². The molecule has 3 aliphatic rings. The molecule has 6 rings (SSSR count). The summed E-state index contributed by atoms with van der Waals surface area (Å²) in [5.41, 5.74) is -0.280. The largest absolute Gasteiger partial charge is 0.450 e. The molecule has 2 amide bonds. The molecule has 0 bridgehead atoms. The number of anilines is 1. The van der Waals surface area contributed by atoms with Crippen molar-refractivity contribution < 1.29 is 18.7 Å². The highest BCUT2D eigenvalue weighted by atomic mass is 16.5. The van der Waals surface area contributed by atoms with Crippen LogP contribution in [0.1, 0.15) is 34.5 Å². The van der Waals surface area contributed by atoms with E-state index in [-0.39, 0.29) is 41.9 Å². The molecule has 3 aromatic rings. The predicted molar refractivity (Wildman–Crippen MR) is 122 cm³/mol. The number of amides is 2. The summed E-state index contributed by atoms with van der Waals surface area (Å²) in [6, 6.07) is 14.1. The van der Waals surface area contributed by atoms with E-state index in [4.69, 9.17) is 9.15 Å². The minimum Gasteiger partial charge on any atom is -0.450 e. The van der Waals surface area contributed by atoms with Crippen LogP contribution >= 0.6 is 0 Å². The van der Waals surface area contributed by atoms with Crippen molar-refractivity contribution in [2.75, 3.05) is 24.6 Å². The van der Waals surface area contributed by atoms with Crippen LogP contribution in [0, 0.1) is 0 Å². The molecule has 0 saturated carbocycles. The first-order chi connectivity index (χ1) is 16.1. The van der Waals surface area contributed by atoms with E-state index in [2.05, 4.69) is 6.58 Å². The third-order valence-corrected chi connectivity index (χ3v) is 6.87. The van der Waals surface area contributed by atoms with E-state index in [0.29, 0.717) is 28.8 Å². The molecular weight excluding hydrogens is 420 g/mol. The van der Waals surface area contributed by atoms with Gasteiger partial charge < -0.3 is 19.0 Å². The minimum atomic E-state index is -1.59. The van der Waals surface area contributed by atoms with Crippen LogP contribution in [-0.2, 0) is 15.1 Å². The van der Waals surface area contributed by atoms with Gasteiger partial charge in [0.05, 0.1) is 22.7 Å². The van der Waals surface area contributed by atoms with Crippen molar-refractivity contribution in [1.29, 1.82) is 0 Å². The molecule has 0 aliphatic carbocycles. The van der Waals surface area contributed by atoms with E-state index in [9.17, 15) is 14.4 Å². The number of hydrogen-bond donors (Lipinski definition) is 0. The second-order valence-corrected chi connectivity index (χ2v) is 8.61. The standard InChI is InChI=1S/C26H22N2O5/c1-2-13-27-19-11-5-4-10-18(19)26(25(27)31)21-22(29)17-9-3-6-12-20(17)33-23(21)24(30)28(26)15-16-8-7-14-32-16/h2-6,9-12,16H,1,7-8,13-15H2/t16-,26-/m0/s1. The first-order valence-corrected chi connectivity index (χ1v) is 11.1. The fourth-order valence-electron chi connectivity index (χ4n) is 5.49. The topological polar surface area (TPSA) is 80.1 Å². The predicted octanol–water partition coefficient (Wildman–Crippen LogP) is 3.20. The molecule has 7 nitrogen and oxygen atoms in total. The summed E-state index contributed by atoms with van der Waals surface area (Å²) in [4.78, 5) is 45.0. The molecule has 0 N–H and O–H groups in total. The first kappa shape index (κ1) is 19.9. The van der Waals surface area contributed by atoms with Crippen molar-refractivity contribution in [3.63, 3.8) is 0 Å². The van der Waals surface area contributed by atoms with Crippen LogP contribution in [0.2, 0.25) is 0 Å². The lowest BCUT2D eigenvalue weighted by Crippen LogP contribution is -2.55. The van der Waals surface area contributed by atoms with Crippen molar-refractivity contribution in [3.8, 4) is 0 Å². The van der Waals surface area contributed by atoms with Crippen LogP contribution in [0.4, 0.5) is 5.69 Å². The Hall–Kier alpha value is -3.71. The third-order valence-electron chi connectivity index (χ3n) is 6.87. The second-order valence-electron chi connectivity index (χ2n) is 8.61. The van der Waals surface area contributed by atoms with Crippen molar-refractivity contribution in [2.24, 2.45) is 0 Å². The third kappa shape index (κ3) is 2.51. The molecule has 166 valence electrons. The van der Waals surface area contributed by atoms with Gasteiger partial charge in [-0.05, 0) is 31.0 Å². The van der Waals surface area contributed by atoms with Gasteiger partial charge >= 0.3 is 0 Å². The Morgan fingerprint density at radius 3 is 2.67 bits per heavy atom. The summed E-state index contributed by atoms with van der Waals surface area (Å²) in [5.74, 6) is -0.886. The van der Waals surface area contributed by atoms with E-state index >= 15 is 0 Å². The van der Waals surface area contributed by atoms with Gasteiger partial charge in [0.25, 0.3) is 11.8 Å². The average molecular weight is 442 g/mol. The maximum Gasteiger partial charge on any atom is 0.291 e. The Morgan fingerprint density at radius 1 is 1.09 bits per heavy atom. The first-order valence-electron chi connectivity index (χ1n) is 11.1. The van der Waals surface area contributed by atoms with Crippen molar-refractivity contribution in [2.45, 2.75) is 24.5 Å². The molecule has 1 fully saturated rings. The summed E-state index contributed by atoms with van der Waals surface area (Å²) in [5, 5.41) is 0.342. The smallest absolute Gasteiger partial charge is 0.291 e. The Kier molecular flexibility index (Phi) is 4.32. The number of fused-ring (bicyclic) bond motifs is 5. The highest BCUT2D eigenvalue weighted by Gasteiger charge is 2.65. The van der Waals surface area contributed by atoms with Gasteiger partial charge in [0.15, 0.2) is 11.0 Å². The van der Waals surface area contributed by atoms with E-state index in [1.165, 1.54) is 4.90 Å². The Bertz CT molecular complexity index is 1390. The lowest BCUT2D eigenvalue weighted by atomic mass is 9.83. The van der Waals surface area contributed by atoms with Gasteiger partial charge in [-0.15, -0.1) is 6.58 Å². The van der Waals surface area contributed by atoms with Crippen molar-refractivity contribution >= 4 is 28.5 Å². The average Bonchev–Trinajstić information content (AvgIpc) is 3.49. The summed E-state index contributed by atoms with van der Waals surface area (Å²) in [6.07, 6.45) is 3.10. The van der Waals surface area contributed by atoms with Crippen molar-refractivity contribution in [3.05, 3.63) is 88.3 Å². The lowest BCUT2D eigenvalue weighted by Gasteiger charge is -2.35. The number of rotatable bonds is 4. The van der Waals surface area contributed by atoms with E-state index in [0.717, 1.165) is 12.8 Å². The molecule has 0 unspecified atom stereocenters. The number of nitrogens with zero attached hydrogens (tertiary/aromatic N) is 2. The van der Waals surface area contributed by atoms with Gasteiger partial charge in [-0.25, -0.2) is 0 Å². The van der Waals surface area contributed by atoms with Crippen LogP contribution in [0.3, 0.4) is 0 Å². The molecular formula is C26H22N2O5.